The summed E-state index contributed by atoms with van der Waals surface area (Å²) >= 11 is 0. The van der Waals surface area contributed by atoms with Crippen LogP contribution in [0.15, 0.2) is 0 Å². The second kappa shape index (κ2) is 6.37. The smallest absolute Gasteiger partial charge is 0.0843 e. The van der Waals surface area contributed by atoms with Crippen LogP contribution in [0.4, 0.5) is 0 Å². The van der Waals surface area contributed by atoms with Crippen LogP contribution in [0.5, 0.6) is 0 Å². The van der Waals surface area contributed by atoms with Gasteiger partial charge in [0.15, 0.2) is 0 Å². The molecule has 0 aromatic heterocycles. The molecule has 12 heavy (non-hydrogen) atoms. The molecule has 0 saturated heterocycles. The van der Waals surface area contributed by atoms with Crippen LogP contribution >= 0.6 is 0 Å². The average molecular weight is 175 g/mol. The first-order valence-corrected chi connectivity index (χ1v) is 4.48. The summed E-state index contributed by atoms with van der Waals surface area (Å²) in [7, 11) is 1.81. The van der Waals surface area contributed by atoms with Gasteiger partial charge in [-0.05, 0) is 26.4 Å². The molecule has 0 aromatic carbocycles. The Labute approximate surface area is 74.3 Å². The highest BCUT2D eigenvalue weighted by molar-refractivity contribution is 4.82. The van der Waals surface area contributed by atoms with E-state index >= 15 is 0 Å². The molecule has 0 aliphatic rings. The summed E-state index contributed by atoms with van der Waals surface area (Å²) in [6, 6.07) is -0.140. The zero-order chi connectivity index (χ0) is 9.56. The second-order valence-electron chi connectivity index (χ2n) is 3.04. The lowest BCUT2D eigenvalue weighted by Crippen LogP contribution is -2.49. The van der Waals surface area contributed by atoms with Crippen molar-refractivity contribution in [3.8, 4) is 0 Å². The first-order chi connectivity index (χ1) is 5.67. The minimum Gasteiger partial charge on any atom is -0.390 e. The SMILES string of the molecule is CCC(N)C(O)C(CCN)NC. The molecule has 0 aromatic rings. The molecule has 0 heterocycles. The number of rotatable bonds is 6. The molecule has 0 radical (unpaired) electrons. The predicted octanol–water partition coefficient (Wildman–Crippen LogP) is -0.979. The zero-order valence-electron chi connectivity index (χ0n) is 7.96. The largest absolute Gasteiger partial charge is 0.390 e. The summed E-state index contributed by atoms with van der Waals surface area (Å²) in [5.41, 5.74) is 11.1. The molecule has 74 valence electrons. The third-order valence-electron chi connectivity index (χ3n) is 2.17. The van der Waals surface area contributed by atoms with Gasteiger partial charge < -0.3 is 21.9 Å². The van der Waals surface area contributed by atoms with E-state index in [0.29, 0.717) is 6.54 Å². The van der Waals surface area contributed by atoms with Crippen LogP contribution < -0.4 is 16.8 Å². The van der Waals surface area contributed by atoms with Crippen molar-refractivity contribution < 1.29 is 5.11 Å². The van der Waals surface area contributed by atoms with Gasteiger partial charge >= 0.3 is 0 Å². The summed E-state index contributed by atoms with van der Waals surface area (Å²) < 4.78 is 0. The summed E-state index contributed by atoms with van der Waals surface area (Å²) in [5, 5.41) is 12.7. The van der Waals surface area contributed by atoms with Crippen LogP contribution in [0, 0.1) is 0 Å². The number of nitrogens with two attached hydrogens (primary N) is 2. The van der Waals surface area contributed by atoms with Gasteiger partial charge in [0.25, 0.3) is 0 Å². The fraction of sp³-hybridized carbons (Fsp3) is 1.00. The highest BCUT2D eigenvalue weighted by Gasteiger charge is 2.21. The van der Waals surface area contributed by atoms with Crippen LogP contribution in [-0.4, -0.2) is 36.9 Å². The average Bonchev–Trinajstić information content (AvgIpc) is 2.11. The molecular weight excluding hydrogens is 154 g/mol. The number of aliphatic hydroxyl groups excluding tert-OH is 1. The normalized spacial score (nSPS) is 18.8. The van der Waals surface area contributed by atoms with E-state index in [0.717, 1.165) is 12.8 Å². The van der Waals surface area contributed by atoms with E-state index in [1.807, 2.05) is 14.0 Å². The van der Waals surface area contributed by atoms with Gasteiger partial charge in [0.05, 0.1) is 6.10 Å². The highest BCUT2D eigenvalue weighted by Crippen LogP contribution is 2.03. The first-order valence-electron chi connectivity index (χ1n) is 4.48. The number of hydrogen-bond donors (Lipinski definition) is 4. The molecular formula is C8H21N3O. The third-order valence-corrected chi connectivity index (χ3v) is 2.17. The molecule has 0 bridgehead atoms. The minimum atomic E-state index is -0.497. The summed E-state index contributed by atoms with van der Waals surface area (Å²) in [6.07, 6.45) is 1.04. The van der Waals surface area contributed by atoms with Crippen LogP contribution in [0.1, 0.15) is 19.8 Å². The lowest BCUT2D eigenvalue weighted by atomic mass is 9.99. The number of nitrogens with one attached hydrogen (secondary N) is 1. The molecule has 0 spiro atoms. The standard InChI is InChI=1S/C8H21N3O/c1-3-6(10)8(12)7(11-2)4-5-9/h6-8,11-12H,3-5,9-10H2,1-2H3. The van der Waals surface area contributed by atoms with Crippen molar-refractivity contribution in [1.82, 2.24) is 5.32 Å². The van der Waals surface area contributed by atoms with E-state index in [1.165, 1.54) is 0 Å². The number of likely N-dealkylation sites (N-methyl/N-ethyl adjacent to an activating group) is 1. The fourth-order valence-corrected chi connectivity index (χ4v) is 1.21. The van der Waals surface area contributed by atoms with E-state index in [9.17, 15) is 5.11 Å². The molecule has 6 N–H and O–H groups in total. The van der Waals surface area contributed by atoms with Gasteiger partial charge in [0.1, 0.15) is 0 Å². The van der Waals surface area contributed by atoms with Crippen LogP contribution in [0.3, 0.4) is 0 Å². The third kappa shape index (κ3) is 3.49. The van der Waals surface area contributed by atoms with Crippen molar-refractivity contribution in [2.45, 2.75) is 38.0 Å². The van der Waals surface area contributed by atoms with E-state index in [2.05, 4.69) is 5.32 Å². The Bertz CT molecular complexity index is 110. The molecule has 0 saturated carbocycles. The van der Waals surface area contributed by atoms with Gasteiger partial charge in [-0.2, -0.15) is 0 Å². The first kappa shape index (κ1) is 11.8. The Morgan fingerprint density at radius 3 is 2.42 bits per heavy atom. The van der Waals surface area contributed by atoms with E-state index in [-0.39, 0.29) is 12.1 Å². The Kier molecular flexibility index (Phi) is 6.28. The molecule has 0 aliphatic heterocycles. The van der Waals surface area contributed by atoms with E-state index < -0.39 is 6.10 Å². The molecule has 4 nitrogen and oxygen atoms in total. The van der Waals surface area contributed by atoms with Crippen LogP contribution in [0.2, 0.25) is 0 Å². The second-order valence-corrected chi connectivity index (χ2v) is 3.04. The van der Waals surface area contributed by atoms with Crippen molar-refractivity contribution in [3.05, 3.63) is 0 Å². The summed E-state index contributed by atoms with van der Waals surface area (Å²) in [5.74, 6) is 0. The molecule has 3 atom stereocenters. The van der Waals surface area contributed by atoms with Gasteiger partial charge in [-0.1, -0.05) is 6.92 Å². The van der Waals surface area contributed by atoms with E-state index in [1.54, 1.807) is 0 Å². The van der Waals surface area contributed by atoms with Gasteiger partial charge in [-0.25, -0.2) is 0 Å². The molecule has 0 aliphatic carbocycles. The summed E-state index contributed by atoms with van der Waals surface area (Å²) in [6.45, 7) is 2.53. The maximum absolute atomic E-state index is 9.67. The molecule has 3 unspecified atom stereocenters. The molecule has 0 fully saturated rings. The Morgan fingerprint density at radius 2 is 2.08 bits per heavy atom. The quantitative estimate of drug-likeness (QED) is 0.418. The van der Waals surface area contributed by atoms with Gasteiger partial charge in [-0.3, -0.25) is 0 Å². The van der Waals surface area contributed by atoms with Crippen molar-refractivity contribution in [1.29, 1.82) is 0 Å². The molecule has 0 rings (SSSR count). The lowest BCUT2D eigenvalue weighted by Gasteiger charge is -2.26. The Hall–Kier alpha value is -0.160. The maximum Gasteiger partial charge on any atom is 0.0843 e. The lowest BCUT2D eigenvalue weighted by molar-refractivity contribution is 0.0995. The number of aliphatic hydroxyl groups is 1. The van der Waals surface area contributed by atoms with Gasteiger partial charge in [0.2, 0.25) is 0 Å². The fourth-order valence-electron chi connectivity index (χ4n) is 1.21. The van der Waals surface area contributed by atoms with E-state index in [4.69, 9.17) is 11.5 Å². The molecule has 0 amide bonds. The monoisotopic (exact) mass is 175 g/mol. The van der Waals surface area contributed by atoms with Crippen molar-refractivity contribution >= 4 is 0 Å². The van der Waals surface area contributed by atoms with Crippen molar-refractivity contribution in [3.63, 3.8) is 0 Å². The Balaban J connectivity index is 3.91. The Morgan fingerprint density at radius 1 is 1.50 bits per heavy atom. The van der Waals surface area contributed by atoms with Gasteiger partial charge in [-0.15, -0.1) is 0 Å². The van der Waals surface area contributed by atoms with Gasteiger partial charge in [0, 0.05) is 12.1 Å². The van der Waals surface area contributed by atoms with Crippen molar-refractivity contribution in [2.75, 3.05) is 13.6 Å². The van der Waals surface area contributed by atoms with Crippen LogP contribution in [0.25, 0.3) is 0 Å². The maximum atomic E-state index is 9.67. The molecule has 4 heteroatoms. The van der Waals surface area contributed by atoms with Crippen LogP contribution in [-0.2, 0) is 0 Å². The predicted molar refractivity (Wildman–Crippen MR) is 50.8 cm³/mol. The van der Waals surface area contributed by atoms with Crippen molar-refractivity contribution in [2.24, 2.45) is 11.5 Å². The highest BCUT2D eigenvalue weighted by atomic mass is 16.3. The number of hydrogen-bond acceptors (Lipinski definition) is 4. The topological polar surface area (TPSA) is 84.3 Å². The zero-order valence-corrected chi connectivity index (χ0v) is 7.96. The summed E-state index contributed by atoms with van der Waals surface area (Å²) in [4.78, 5) is 0. The minimum absolute atomic E-state index is 0.0185.